The molecule has 2 aromatic heterocycles. The van der Waals surface area contributed by atoms with E-state index in [2.05, 4.69) is 9.97 Å². The van der Waals surface area contributed by atoms with Gasteiger partial charge in [-0.05, 0) is 6.42 Å². The minimum atomic E-state index is -5.84. The molecule has 2 heterocycles. The molecule has 2 rings (SSSR count). The van der Waals surface area contributed by atoms with E-state index in [0.29, 0.717) is 6.42 Å². The van der Waals surface area contributed by atoms with Crippen LogP contribution in [-0.4, -0.2) is 56.3 Å². The summed E-state index contributed by atoms with van der Waals surface area (Å²) in [6.07, 6.45) is 11.2. The predicted octanol–water partition coefficient (Wildman–Crippen LogP) is 1.52. The molecule has 15 heteroatoms. The molecular weight excluding hydrogens is 417 g/mol. The van der Waals surface area contributed by atoms with Crippen LogP contribution in [0.5, 0.6) is 0 Å². The molecule has 0 amide bonds. The lowest BCUT2D eigenvalue weighted by Gasteiger charge is -1.97. The molecule has 0 spiro atoms. The second kappa shape index (κ2) is 12.4. The Kier molecular flexibility index (Phi) is 12.5. The van der Waals surface area contributed by atoms with Gasteiger partial charge in [0.05, 0.1) is 18.4 Å². The third-order valence-electron chi connectivity index (χ3n) is 2.03. The molecule has 27 heavy (non-hydrogen) atoms. The van der Waals surface area contributed by atoms with Gasteiger partial charge in [0.2, 0.25) is 0 Å². The molecule has 2 aromatic rings. The predicted molar refractivity (Wildman–Crippen MR) is 90.7 cm³/mol. The molecule has 0 saturated carbocycles. The summed E-state index contributed by atoms with van der Waals surface area (Å²) >= 11 is 0. The molecule has 10 nitrogen and oxygen atoms in total. The summed E-state index contributed by atoms with van der Waals surface area (Å²) in [5.41, 5.74) is -5.53. The smallest absolute Gasteiger partial charge is 0.341 e. The van der Waals surface area contributed by atoms with Crippen LogP contribution in [-0.2, 0) is 34.3 Å². The summed E-state index contributed by atoms with van der Waals surface area (Å²) < 4.78 is 88.9. The summed E-state index contributed by atoms with van der Waals surface area (Å²) in [6.45, 7) is 1.69. The number of nitrogens with zero attached hydrogens (tertiary/aromatic N) is 4. The standard InChI is InChI=1S/2C4H6N2.C3H8O3S.CHF3O3S/c2*1-6-3-2-5-4-6;1-2-3-7(4,5)6;2-1(3,4)8(5,6)7/h2*2-4H,1H3;2-3H2,1H3,(H,4,5,6);(H,5,6,7). The zero-order valence-corrected chi connectivity index (χ0v) is 16.3. The number of aryl methyl sites for hydroxylation is 2. The van der Waals surface area contributed by atoms with Crippen LogP contribution in [0.15, 0.2) is 37.4 Å². The number of imidazole rings is 2. The van der Waals surface area contributed by atoms with E-state index >= 15 is 0 Å². The Morgan fingerprint density at radius 1 is 0.926 bits per heavy atom. The average Bonchev–Trinajstić information content (AvgIpc) is 3.11. The summed E-state index contributed by atoms with van der Waals surface area (Å²) in [6, 6.07) is 0. The van der Waals surface area contributed by atoms with E-state index in [0.717, 1.165) is 0 Å². The number of rotatable bonds is 2. The molecule has 0 bridgehead atoms. The molecule has 0 aliphatic carbocycles. The van der Waals surface area contributed by atoms with Gasteiger partial charge in [-0.1, -0.05) is 6.92 Å². The zero-order valence-electron chi connectivity index (χ0n) is 14.6. The Morgan fingerprint density at radius 2 is 1.26 bits per heavy atom. The molecule has 0 saturated heterocycles. The maximum absolute atomic E-state index is 10.7. The van der Waals surface area contributed by atoms with Crippen molar-refractivity contribution in [3.8, 4) is 0 Å². The van der Waals surface area contributed by atoms with Gasteiger partial charge in [-0.3, -0.25) is 9.11 Å². The highest BCUT2D eigenvalue weighted by molar-refractivity contribution is 7.86. The molecule has 0 unspecified atom stereocenters. The lowest BCUT2D eigenvalue weighted by molar-refractivity contribution is -0.0510. The van der Waals surface area contributed by atoms with Gasteiger partial charge < -0.3 is 9.13 Å². The van der Waals surface area contributed by atoms with Gasteiger partial charge in [-0.25, -0.2) is 9.97 Å². The fourth-order valence-electron chi connectivity index (χ4n) is 0.910. The minimum Gasteiger partial charge on any atom is -0.341 e. The van der Waals surface area contributed by atoms with Crippen molar-refractivity contribution in [2.24, 2.45) is 14.1 Å². The van der Waals surface area contributed by atoms with Crippen molar-refractivity contribution in [1.82, 2.24) is 19.1 Å². The van der Waals surface area contributed by atoms with Crippen molar-refractivity contribution < 1.29 is 39.1 Å². The first-order valence-electron chi connectivity index (χ1n) is 6.93. The van der Waals surface area contributed by atoms with Gasteiger partial charge >= 0.3 is 15.6 Å². The van der Waals surface area contributed by atoms with Gasteiger partial charge in [0, 0.05) is 38.9 Å². The van der Waals surface area contributed by atoms with Crippen molar-refractivity contribution in [1.29, 1.82) is 0 Å². The van der Waals surface area contributed by atoms with E-state index in [9.17, 15) is 21.6 Å². The van der Waals surface area contributed by atoms with E-state index < -0.39 is 25.7 Å². The Hall–Kier alpha value is -1.97. The van der Waals surface area contributed by atoms with Crippen LogP contribution in [0.1, 0.15) is 13.3 Å². The molecule has 0 aromatic carbocycles. The maximum atomic E-state index is 10.7. The third-order valence-corrected chi connectivity index (χ3v) is 3.54. The first-order valence-corrected chi connectivity index (χ1v) is 9.97. The lowest BCUT2D eigenvalue weighted by atomic mass is 10.6. The number of halogens is 3. The fraction of sp³-hybridized carbons (Fsp3) is 0.500. The Labute approximate surface area is 155 Å². The van der Waals surface area contributed by atoms with E-state index in [1.807, 2.05) is 35.6 Å². The maximum Gasteiger partial charge on any atom is 0.522 e. The molecule has 158 valence electrons. The number of aromatic nitrogens is 4. The monoisotopic (exact) mass is 438 g/mol. The first kappa shape index (κ1) is 27.3. The van der Waals surface area contributed by atoms with E-state index in [1.165, 1.54) is 0 Å². The number of hydrogen-bond donors (Lipinski definition) is 2. The molecular formula is C12H21F3N4O6S2. The molecule has 0 aliphatic rings. The van der Waals surface area contributed by atoms with Gasteiger partial charge in [-0.2, -0.15) is 30.0 Å². The zero-order chi connectivity index (χ0) is 21.7. The quantitative estimate of drug-likeness (QED) is 0.530. The van der Waals surface area contributed by atoms with E-state index in [4.69, 9.17) is 17.5 Å². The topological polar surface area (TPSA) is 144 Å². The molecule has 0 aliphatic heterocycles. The van der Waals surface area contributed by atoms with Crippen LogP contribution in [0.2, 0.25) is 0 Å². The summed E-state index contributed by atoms with van der Waals surface area (Å²) in [5.74, 6) is -0.132. The van der Waals surface area contributed by atoms with Gasteiger partial charge in [0.25, 0.3) is 10.1 Å². The molecule has 2 N–H and O–H groups in total. The van der Waals surface area contributed by atoms with Crippen LogP contribution in [0.4, 0.5) is 13.2 Å². The minimum absolute atomic E-state index is 0.132. The van der Waals surface area contributed by atoms with Gasteiger partial charge in [0.1, 0.15) is 0 Å². The van der Waals surface area contributed by atoms with Crippen LogP contribution in [0.3, 0.4) is 0 Å². The number of alkyl halides is 3. The van der Waals surface area contributed by atoms with Gasteiger partial charge in [-0.15, -0.1) is 0 Å². The number of hydrogen-bond acceptors (Lipinski definition) is 6. The fourth-order valence-corrected chi connectivity index (χ4v) is 1.43. The van der Waals surface area contributed by atoms with Crippen LogP contribution >= 0.6 is 0 Å². The lowest BCUT2D eigenvalue weighted by Crippen LogP contribution is -2.21. The van der Waals surface area contributed by atoms with Crippen LogP contribution in [0.25, 0.3) is 0 Å². The molecule has 0 fully saturated rings. The second-order valence-corrected chi connectivity index (χ2v) is 7.65. The summed E-state index contributed by atoms with van der Waals surface area (Å²) in [7, 11) is -5.64. The van der Waals surface area contributed by atoms with Crippen molar-refractivity contribution in [3.63, 3.8) is 0 Å². The van der Waals surface area contributed by atoms with Gasteiger partial charge in [0.15, 0.2) is 0 Å². The van der Waals surface area contributed by atoms with E-state index in [1.54, 1.807) is 32.0 Å². The summed E-state index contributed by atoms with van der Waals surface area (Å²) in [4.78, 5) is 7.57. The first-order chi connectivity index (χ1) is 12.1. The highest BCUT2D eigenvalue weighted by atomic mass is 32.2. The largest absolute Gasteiger partial charge is 0.522 e. The van der Waals surface area contributed by atoms with Crippen molar-refractivity contribution in [2.75, 3.05) is 5.75 Å². The van der Waals surface area contributed by atoms with Crippen molar-refractivity contribution in [3.05, 3.63) is 37.4 Å². The Balaban J connectivity index is 0. The average molecular weight is 438 g/mol. The SMILES string of the molecule is CCCS(=O)(=O)O.Cn1ccnc1.Cn1ccnc1.O=S(=O)(O)C(F)(F)F. The van der Waals surface area contributed by atoms with Crippen molar-refractivity contribution in [2.45, 2.75) is 18.9 Å². The molecule has 0 radical (unpaired) electrons. The Morgan fingerprint density at radius 3 is 1.30 bits per heavy atom. The highest BCUT2D eigenvalue weighted by Gasteiger charge is 2.44. The highest BCUT2D eigenvalue weighted by Crippen LogP contribution is 2.20. The van der Waals surface area contributed by atoms with Crippen LogP contribution < -0.4 is 0 Å². The third kappa shape index (κ3) is 18.6. The van der Waals surface area contributed by atoms with Crippen LogP contribution in [0, 0.1) is 0 Å². The summed E-state index contributed by atoms with van der Waals surface area (Å²) in [5, 5.41) is 0. The van der Waals surface area contributed by atoms with E-state index in [-0.39, 0.29) is 5.75 Å². The molecule has 0 atom stereocenters. The normalized spacial score (nSPS) is 11.1. The second-order valence-electron chi connectivity index (χ2n) is 4.66. The Bertz CT molecular complexity index is 772. The van der Waals surface area contributed by atoms with Crippen molar-refractivity contribution >= 4 is 20.2 Å².